The molecule has 0 radical (unpaired) electrons. The summed E-state index contributed by atoms with van der Waals surface area (Å²) < 4.78 is 0. The highest BCUT2D eigenvalue weighted by molar-refractivity contribution is 5.94. The van der Waals surface area contributed by atoms with Crippen LogP contribution in [0, 0.1) is 24.2 Å². The minimum absolute atomic E-state index is 0.0111. The summed E-state index contributed by atoms with van der Waals surface area (Å²) in [5.74, 6) is -0.0689. The lowest BCUT2D eigenvalue weighted by atomic mass is 9.58. The van der Waals surface area contributed by atoms with Gasteiger partial charge in [0.2, 0.25) is 0 Å². The Bertz CT molecular complexity index is 595. The van der Waals surface area contributed by atoms with Gasteiger partial charge in [0.1, 0.15) is 0 Å². The largest absolute Gasteiger partial charge is 0.478 e. The van der Waals surface area contributed by atoms with E-state index < -0.39 is 11.9 Å². The fraction of sp³-hybridized carbons (Fsp3) is 0.579. The summed E-state index contributed by atoms with van der Waals surface area (Å²) >= 11 is 0. The molecule has 0 unspecified atom stereocenters. The molecule has 2 N–H and O–H groups in total. The van der Waals surface area contributed by atoms with Crippen molar-refractivity contribution in [1.82, 2.24) is 0 Å². The van der Waals surface area contributed by atoms with E-state index in [-0.39, 0.29) is 11.1 Å². The Balaban J connectivity index is 0.000000172. The number of aryl methyl sites for hydroxylation is 1. The van der Waals surface area contributed by atoms with Gasteiger partial charge in [0.15, 0.2) is 0 Å². The molecular weight excluding hydrogens is 292 g/mol. The summed E-state index contributed by atoms with van der Waals surface area (Å²) in [5, 5.41) is 17.3. The highest BCUT2D eigenvalue weighted by atomic mass is 16.4. The average molecular weight is 318 g/mol. The molecule has 23 heavy (non-hydrogen) atoms. The van der Waals surface area contributed by atoms with Crippen molar-refractivity contribution in [1.29, 1.82) is 0 Å². The van der Waals surface area contributed by atoms with Crippen molar-refractivity contribution in [3.8, 4) is 0 Å². The Hall–Kier alpha value is -1.84. The molecule has 4 heteroatoms. The summed E-state index contributed by atoms with van der Waals surface area (Å²) in [6, 6.07) is 4.01. The fourth-order valence-electron chi connectivity index (χ4n) is 4.04. The molecule has 3 fully saturated rings. The summed E-state index contributed by atoms with van der Waals surface area (Å²) in [4.78, 5) is 21.1. The minimum atomic E-state index is -1.12. The van der Waals surface area contributed by atoms with E-state index in [1.54, 1.807) is 6.92 Å². The lowest BCUT2D eigenvalue weighted by Crippen LogP contribution is -2.37. The van der Waals surface area contributed by atoms with Crippen LogP contribution in [0.5, 0.6) is 0 Å². The van der Waals surface area contributed by atoms with E-state index in [1.807, 2.05) is 0 Å². The lowest BCUT2D eigenvalue weighted by molar-refractivity contribution is 0.0313. The first kappa shape index (κ1) is 17.5. The molecule has 4 nitrogen and oxygen atoms in total. The topological polar surface area (TPSA) is 74.6 Å². The van der Waals surface area contributed by atoms with E-state index in [9.17, 15) is 9.59 Å². The van der Waals surface area contributed by atoms with Gasteiger partial charge in [-0.05, 0) is 61.1 Å². The molecule has 0 amide bonds. The molecule has 3 aliphatic carbocycles. The van der Waals surface area contributed by atoms with Crippen LogP contribution in [0.4, 0.5) is 0 Å². The zero-order chi connectivity index (χ0) is 17.2. The Labute approximate surface area is 137 Å². The number of hydrogen-bond donors (Lipinski definition) is 2. The molecular formula is C19H26O4. The molecule has 1 aromatic carbocycles. The van der Waals surface area contributed by atoms with Gasteiger partial charge in [0.25, 0.3) is 0 Å². The normalized spacial score (nSPS) is 24.5. The number of benzene rings is 1. The van der Waals surface area contributed by atoms with Crippen molar-refractivity contribution in [2.75, 3.05) is 0 Å². The van der Waals surface area contributed by atoms with Gasteiger partial charge in [0.05, 0.1) is 11.1 Å². The van der Waals surface area contributed by atoms with Crippen LogP contribution in [-0.4, -0.2) is 22.2 Å². The third kappa shape index (κ3) is 4.12. The predicted octanol–water partition coefficient (Wildman–Crippen LogP) is 4.61. The van der Waals surface area contributed by atoms with Gasteiger partial charge in [0, 0.05) is 0 Å². The van der Waals surface area contributed by atoms with Gasteiger partial charge in [-0.1, -0.05) is 32.8 Å². The van der Waals surface area contributed by atoms with Gasteiger partial charge in [-0.25, -0.2) is 9.59 Å². The maximum atomic E-state index is 10.6. The molecule has 0 aromatic heterocycles. The monoisotopic (exact) mass is 318 g/mol. The van der Waals surface area contributed by atoms with Crippen LogP contribution >= 0.6 is 0 Å². The number of carbonyl (C=O) groups is 2. The molecule has 0 atom stereocenters. The first-order valence-electron chi connectivity index (χ1n) is 8.28. The zero-order valence-electron chi connectivity index (χ0n) is 14.1. The maximum absolute atomic E-state index is 10.6. The molecule has 2 bridgehead atoms. The molecule has 3 aliphatic rings. The van der Waals surface area contributed by atoms with Crippen molar-refractivity contribution in [2.24, 2.45) is 17.3 Å². The average Bonchev–Trinajstić information content (AvgIpc) is 2.47. The first-order valence-corrected chi connectivity index (χ1v) is 8.28. The van der Waals surface area contributed by atoms with E-state index in [1.165, 1.54) is 44.2 Å². The van der Waals surface area contributed by atoms with E-state index in [0.717, 1.165) is 17.9 Å². The highest BCUT2D eigenvalue weighted by Gasteiger charge is 2.40. The maximum Gasteiger partial charge on any atom is 0.335 e. The lowest BCUT2D eigenvalue weighted by Gasteiger charge is -2.48. The van der Waals surface area contributed by atoms with Gasteiger partial charge in [-0.15, -0.1) is 0 Å². The molecule has 1 aromatic rings. The summed E-state index contributed by atoms with van der Waals surface area (Å²) in [6.45, 7) is 6.54. The summed E-state index contributed by atoms with van der Waals surface area (Å²) in [7, 11) is 0. The van der Waals surface area contributed by atoms with E-state index in [2.05, 4.69) is 13.8 Å². The zero-order valence-corrected chi connectivity index (χ0v) is 14.1. The smallest absolute Gasteiger partial charge is 0.335 e. The molecule has 0 spiro atoms. The minimum Gasteiger partial charge on any atom is -0.478 e. The van der Waals surface area contributed by atoms with E-state index in [0.29, 0.717) is 11.0 Å². The summed E-state index contributed by atoms with van der Waals surface area (Å²) in [6.07, 6.45) is 7.63. The van der Waals surface area contributed by atoms with Crippen LogP contribution in [0.2, 0.25) is 0 Å². The summed E-state index contributed by atoms with van der Waals surface area (Å²) in [5.41, 5.74) is 1.27. The van der Waals surface area contributed by atoms with Gasteiger partial charge >= 0.3 is 11.9 Å². The first-order chi connectivity index (χ1) is 10.7. The second-order valence-corrected chi connectivity index (χ2v) is 7.55. The van der Waals surface area contributed by atoms with E-state index in [4.69, 9.17) is 10.2 Å². The number of carboxylic acids is 2. The number of rotatable bonds is 2. The third-order valence-electron chi connectivity index (χ3n) is 5.48. The molecule has 0 saturated heterocycles. The van der Waals surface area contributed by atoms with Crippen LogP contribution in [0.3, 0.4) is 0 Å². The van der Waals surface area contributed by atoms with Crippen LogP contribution in [0.15, 0.2) is 18.2 Å². The van der Waals surface area contributed by atoms with Crippen LogP contribution in [0.1, 0.15) is 72.2 Å². The van der Waals surface area contributed by atoms with E-state index >= 15 is 0 Å². The van der Waals surface area contributed by atoms with Crippen molar-refractivity contribution < 1.29 is 19.8 Å². The molecule has 0 heterocycles. The Morgan fingerprint density at radius 2 is 1.65 bits per heavy atom. The van der Waals surface area contributed by atoms with Gasteiger partial charge < -0.3 is 10.2 Å². The second-order valence-electron chi connectivity index (χ2n) is 7.55. The molecule has 4 rings (SSSR count). The quantitative estimate of drug-likeness (QED) is 0.834. The Morgan fingerprint density at radius 1 is 1.04 bits per heavy atom. The Morgan fingerprint density at radius 3 is 2.00 bits per heavy atom. The van der Waals surface area contributed by atoms with Gasteiger partial charge in [-0.3, -0.25) is 0 Å². The molecule has 3 saturated carbocycles. The predicted molar refractivity (Wildman–Crippen MR) is 88.9 cm³/mol. The second kappa shape index (κ2) is 6.73. The number of carboxylic acid groups (broad SMARTS) is 2. The van der Waals surface area contributed by atoms with Crippen LogP contribution in [0.25, 0.3) is 0 Å². The highest BCUT2D eigenvalue weighted by Crippen LogP contribution is 2.51. The van der Waals surface area contributed by atoms with Crippen molar-refractivity contribution in [3.05, 3.63) is 34.9 Å². The van der Waals surface area contributed by atoms with Crippen LogP contribution in [-0.2, 0) is 0 Å². The Kier molecular flexibility index (Phi) is 5.12. The van der Waals surface area contributed by atoms with Crippen molar-refractivity contribution in [2.45, 2.75) is 52.9 Å². The standard InChI is InChI=1S/C10H18.C9H8O4/c1-10(2)7-8-3-5-9(10)6-4-8;1-5-2-3-6(8(10)11)4-7(5)9(12)13/h8-9H,3-7H2,1-2H3;2-4H,1H3,(H,10,11)(H,12,13). The van der Waals surface area contributed by atoms with Crippen molar-refractivity contribution in [3.63, 3.8) is 0 Å². The molecule has 0 aliphatic heterocycles. The van der Waals surface area contributed by atoms with Crippen molar-refractivity contribution >= 4 is 11.9 Å². The fourth-order valence-corrected chi connectivity index (χ4v) is 4.04. The number of hydrogen-bond acceptors (Lipinski definition) is 2. The number of fused-ring (bicyclic) bond motifs is 3. The van der Waals surface area contributed by atoms with Crippen LogP contribution < -0.4 is 0 Å². The SMILES string of the molecule is CC1(C)CC2CCC1CC2.Cc1ccc(C(=O)O)cc1C(=O)O. The van der Waals surface area contributed by atoms with Gasteiger partial charge in [-0.2, -0.15) is 0 Å². The third-order valence-corrected chi connectivity index (χ3v) is 5.48. The number of aromatic carboxylic acids is 2. The molecule has 126 valence electrons.